The molecule has 0 aliphatic carbocycles. The maximum absolute atomic E-state index is 4.76. The molecule has 126 valence electrons. The lowest BCUT2D eigenvalue weighted by Crippen LogP contribution is -2.11. The number of aryl methyl sites for hydroxylation is 1. The van der Waals surface area contributed by atoms with Crippen molar-refractivity contribution >= 4 is 23.1 Å². The van der Waals surface area contributed by atoms with E-state index < -0.39 is 0 Å². The smallest absolute Gasteiger partial charge is 0.160 e. The van der Waals surface area contributed by atoms with Crippen LogP contribution in [-0.2, 0) is 25.4 Å². The summed E-state index contributed by atoms with van der Waals surface area (Å²) >= 11 is 3.53. The first-order valence-electron chi connectivity index (χ1n) is 8.04. The minimum absolute atomic E-state index is 0.737. The van der Waals surface area contributed by atoms with Gasteiger partial charge in [0.15, 0.2) is 5.82 Å². The van der Waals surface area contributed by atoms with Crippen molar-refractivity contribution in [2.75, 3.05) is 12.8 Å². The largest absolute Gasteiger partial charge is 0.324 e. The van der Waals surface area contributed by atoms with Gasteiger partial charge in [0.25, 0.3) is 0 Å². The Balaban J connectivity index is 1.58. The monoisotopic (exact) mass is 360 g/mol. The van der Waals surface area contributed by atoms with Crippen LogP contribution in [0, 0.1) is 0 Å². The minimum atomic E-state index is 0.737. The first-order valence-corrected chi connectivity index (χ1v) is 10.3. The maximum Gasteiger partial charge on any atom is 0.160 e. The molecular formula is C16H20N6S2. The van der Waals surface area contributed by atoms with Gasteiger partial charge in [0.1, 0.15) is 10.7 Å². The van der Waals surface area contributed by atoms with E-state index in [1.54, 1.807) is 23.1 Å². The van der Waals surface area contributed by atoms with E-state index in [0.29, 0.717) is 0 Å². The highest BCUT2D eigenvalue weighted by Gasteiger charge is 2.16. The Hall–Kier alpha value is -1.64. The van der Waals surface area contributed by atoms with Gasteiger partial charge in [0, 0.05) is 36.6 Å². The van der Waals surface area contributed by atoms with Gasteiger partial charge >= 0.3 is 0 Å². The molecule has 1 aliphatic rings. The Kier molecular flexibility index (Phi) is 4.68. The topological polar surface area (TPSA) is 60.6 Å². The van der Waals surface area contributed by atoms with Gasteiger partial charge in [-0.15, -0.1) is 11.3 Å². The van der Waals surface area contributed by atoms with Crippen LogP contribution < -0.4 is 5.32 Å². The number of imidazole rings is 1. The molecule has 1 aliphatic heterocycles. The Morgan fingerprint density at radius 1 is 1.42 bits per heavy atom. The first kappa shape index (κ1) is 15.9. The van der Waals surface area contributed by atoms with E-state index in [9.17, 15) is 0 Å². The molecule has 0 bridgehead atoms. The average molecular weight is 361 g/mol. The van der Waals surface area contributed by atoms with Crippen LogP contribution in [0.4, 0.5) is 0 Å². The summed E-state index contributed by atoms with van der Waals surface area (Å²) in [5, 5.41) is 11.5. The van der Waals surface area contributed by atoms with Gasteiger partial charge in [-0.2, -0.15) is 16.9 Å². The summed E-state index contributed by atoms with van der Waals surface area (Å²) in [4.78, 5) is 9.23. The summed E-state index contributed by atoms with van der Waals surface area (Å²) in [5.41, 5.74) is 3.26. The summed E-state index contributed by atoms with van der Waals surface area (Å²) < 4.78 is 4.24. The van der Waals surface area contributed by atoms with Gasteiger partial charge in [-0.3, -0.25) is 4.68 Å². The highest BCUT2D eigenvalue weighted by Crippen LogP contribution is 2.21. The van der Waals surface area contributed by atoms with Crippen LogP contribution in [0.25, 0.3) is 11.5 Å². The molecule has 8 heteroatoms. The molecule has 24 heavy (non-hydrogen) atoms. The molecule has 0 atom stereocenters. The molecule has 0 saturated heterocycles. The highest BCUT2D eigenvalue weighted by molar-refractivity contribution is 7.97. The van der Waals surface area contributed by atoms with E-state index in [1.807, 2.05) is 12.4 Å². The number of thiazole rings is 1. The molecule has 0 aromatic carbocycles. The summed E-state index contributed by atoms with van der Waals surface area (Å²) in [5.74, 6) is 1.89. The van der Waals surface area contributed by atoms with Crippen molar-refractivity contribution in [1.82, 2.24) is 29.6 Å². The van der Waals surface area contributed by atoms with E-state index in [1.165, 1.54) is 10.7 Å². The van der Waals surface area contributed by atoms with Crippen molar-refractivity contribution in [1.29, 1.82) is 0 Å². The molecule has 0 unspecified atom stereocenters. The number of fused-ring (bicyclic) bond motifs is 1. The molecule has 3 aromatic rings. The fourth-order valence-corrected chi connectivity index (χ4v) is 4.43. The highest BCUT2D eigenvalue weighted by atomic mass is 32.2. The van der Waals surface area contributed by atoms with E-state index in [4.69, 9.17) is 10.1 Å². The normalized spacial score (nSPS) is 14.5. The Morgan fingerprint density at radius 3 is 3.29 bits per heavy atom. The number of aromatic nitrogens is 5. The summed E-state index contributed by atoms with van der Waals surface area (Å²) in [6.45, 7) is 3.63. The summed E-state index contributed by atoms with van der Waals surface area (Å²) in [6.07, 6.45) is 7.06. The predicted octanol–water partition coefficient (Wildman–Crippen LogP) is 2.61. The van der Waals surface area contributed by atoms with Crippen LogP contribution in [0.2, 0.25) is 0 Å². The zero-order chi connectivity index (χ0) is 16.4. The number of rotatable bonds is 5. The lowest BCUT2D eigenvalue weighted by atomic mass is 10.3. The van der Waals surface area contributed by atoms with Crippen LogP contribution in [0.3, 0.4) is 0 Å². The van der Waals surface area contributed by atoms with Gasteiger partial charge in [0.05, 0.1) is 17.9 Å². The third kappa shape index (κ3) is 3.26. The van der Waals surface area contributed by atoms with Gasteiger partial charge in [-0.05, 0) is 25.3 Å². The van der Waals surface area contributed by atoms with Crippen molar-refractivity contribution < 1.29 is 0 Å². The van der Waals surface area contributed by atoms with Gasteiger partial charge in [-0.1, -0.05) is 0 Å². The van der Waals surface area contributed by atoms with Gasteiger partial charge in [-0.25, -0.2) is 9.97 Å². The Bertz CT molecular complexity index is 795. The number of nitrogens with zero attached hydrogens (tertiary/aromatic N) is 5. The SMILES string of the molecule is CSCc1nc(Cn2ccnc2-c2cc3n(n2)CCCNC3)cs1. The fourth-order valence-electron chi connectivity index (χ4n) is 2.93. The quantitative estimate of drug-likeness (QED) is 0.758. The van der Waals surface area contributed by atoms with Crippen LogP contribution in [0.15, 0.2) is 23.8 Å². The molecule has 0 fully saturated rings. The number of hydrogen-bond acceptors (Lipinski definition) is 6. The number of thioether (sulfide) groups is 1. The van der Waals surface area contributed by atoms with Crippen LogP contribution >= 0.6 is 23.1 Å². The number of nitrogens with one attached hydrogen (secondary N) is 1. The van der Waals surface area contributed by atoms with E-state index in [0.717, 1.165) is 55.6 Å². The number of hydrogen-bond donors (Lipinski definition) is 1. The van der Waals surface area contributed by atoms with Crippen molar-refractivity contribution in [3.8, 4) is 11.5 Å². The minimum Gasteiger partial charge on any atom is -0.324 e. The third-order valence-electron chi connectivity index (χ3n) is 4.04. The zero-order valence-corrected chi connectivity index (χ0v) is 15.2. The second kappa shape index (κ2) is 7.08. The average Bonchev–Trinajstić information content (AvgIpc) is 3.27. The van der Waals surface area contributed by atoms with E-state index in [2.05, 4.69) is 37.3 Å². The second-order valence-electron chi connectivity index (χ2n) is 5.82. The van der Waals surface area contributed by atoms with Crippen LogP contribution in [0.1, 0.15) is 22.8 Å². The molecule has 4 rings (SSSR count). The van der Waals surface area contributed by atoms with Crippen LogP contribution in [0.5, 0.6) is 0 Å². The Labute approximate surface area is 149 Å². The molecule has 1 N–H and O–H groups in total. The molecular weight excluding hydrogens is 340 g/mol. The fraction of sp³-hybridized carbons (Fsp3) is 0.438. The molecule has 4 heterocycles. The van der Waals surface area contributed by atoms with Gasteiger partial charge < -0.3 is 9.88 Å². The molecule has 6 nitrogen and oxygen atoms in total. The first-order chi connectivity index (χ1) is 11.8. The molecule has 3 aromatic heterocycles. The molecule has 0 radical (unpaired) electrons. The van der Waals surface area contributed by atoms with Crippen molar-refractivity contribution in [2.24, 2.45) is 0 Å². The molecule has 0 spiro atoms. The van der Waals surface area contributed by atoms with E-state index in [-0.39, 0.29) is 0 Å². The van der Waals surface area contributed by atoms with Crippen molar-refractivity contribution in [3.05, 3.63) is 40.2 Å². The van der Waals surface area contributed by atoms with E-state index >= 15 is 0 Å². The second-order valence-corrected chi connectivity index (χ2v) is 7.63. The van der Waals surface area contributed by atoms with Crippen LogP contribution in [-0.4, -0.2) is 37.1 Å². The standard InChI is InChI=1S/C16H20N6S2/c1-23-11-15-19-12(10-24-15)9-21-6-4-18-16(21)14-7-13-8-17-3-2-5-22(13)20-14/h4,6-7,10,17H,2-3,5,8-9,11H2,1H3. The lowest BCUT2D eigenvalue weighted by Gasteiger charge is -2.04. The van der Waals surface area contributed by atoms with Gasteiger partial charge in [0.2, 0.25) is 0 Å². The lowest BCUT2D eigenvalue weighted by molar-refractivity contribution is 0.587. The Morgan fingerprint density at radius 2 is 2.38 bits per heavy atom. The zero-order valence-electron chi connectivity index (χ0n) is 13.6. The summed E-state index contributed by atoms with van der Waals surface area (Å²) in [6, 6.07) is 2.15. The summed E-state index contributed by atoms with van der Waals surface area (Å²) in [7, 11) is 0. The molecule has 0 saturated carbocycles. The van der Waals surface area contributed by atoms with Crippen molar-refractivity contribution in [3.63, 3.8) is 0 Å². The molecule has 0 amide bonds. The maximum atomic E-state index is 4.76. The third-order valence-corrected chi connectivity index (χ3v) is 5.68. The van der Waals surface area contributed by atoms with Crippen molar-refractivity contribution in [2.45, 2.75) is 31.8 Å². The predicted molar refractivity (Wildman–Crippen MR) is 98.2 cm³/mol.